The Kier molecular flexibility index (Phi) is 13.5. The standard InChI is InChI=1S/C27H45N3O6/c1-17(2)13-21(28)23(31)15-30(27(34)36-16-20-11-9-8-10-12-20)22(14-18(3)4)25(32)29-24(19(5)6)26(33)35-7/h8-12,17-19,21-24,31H,13-16,28H2,1-7H3,(H,29,32)/t21-,22-,23?,24-/m0/s1. The van der Waals surface area contributed by atoms with Crippen LogP contribution >= 0.6 is 0 Å². The Balaban J connectivity index is 3.25. The van der Waals surface area contributed by atoms with E-state index in [1.54, 1.807) is 13.8 Å². The van der Waals surface area contributed by atoms with Gasteiger partial charge >= 0.3 is 12.1 Å². The molecule has 0 aliphatic rings. The van der Waals surface area contributed by atoms with Crippen molar-refractivity contribution in [1.29, 1.82) is 0 Å². The minimum atomic E-state index is -1.07. The maximum Gasteiger partial charge on any atom is 0.410 e. The summed E-state index contributed by atoms with van der Waals surface area (Å²) >= 11 is 0. The number of benzene rings is 1. The van der Waals surface area contributed by atoms with Gasteiger partial charge in [-0.2, -0.15) is 0 Å². The van der Waals surface area contributed by atoms with Gasteiger partial charge in [-0.25, -0.2) is 9.59 Å². The molecule has 36 heavy (non-hydrogen) atoms. The zero-order valence-electron chi connectivity index (χ0n) is 22.8. The van der Waals surface area contributed by atoms with Gasteiger partial charge in [-0.05, 0) is 36.2 Å². The van der Waals surface area contributed by atoms with Crippen LogP contribution < -0.4 is 11.1 Å². The number of methoxy groups -OCH3 is 1. The molecule has 1 rings (SSSR count). The molecule has 2 amide bonds. The molecular weight excluding hydrogens is 462 g/mol. The van der Waals surface area contributed by atoms with E-state index in [-0.39, 0.29) is 30.9 Å². The van der Waals surface area contributed by atoms with Crippen LogP contribution in [0.4, 0.5) is 4.79 Å². The Morgan fingerprint density at radius 3 is 2.08 bits per heavy atom. The highest BCUT2D eigenvalue weighted by Gasteiger charge is 2.37. The normalized spacial score (nSPS) is 14.8. The molecule has 0 aliphatic carbocycles. The number of carbonyl (C=O) groups excluding carboxylic acids is 3. The fourth-order valence-corrected chi connectivity index (χ4v) is 3.87. The Morgan fingerprint density at radius 2 is 1.58 bits per heavy atom. The number of esters is 1. The van der Waals surface area contributed by atoms with E-state index in [2.05, 4.69) is 5.32 Å². The number of aliphatic hydroxyl groups excluding tert-OH is 1. The molecule has 0 spiro atoms. The van der Waals surface area contributed by atoms with Crippen molar-refractivity contribution in [3.05, 3.63) is 35.9 Å². The summed E-state index contributed by atoms with van der Waals surface area (Å²) in [5, 5.41) is 13.6. The van der Waals surface area contributed by atoms with Crippen LogP contribution in [0.5, 0.6) is 0 Å². The molecule has 0 aliphatic heterocycles. The maximum atomic E-state index is 13.5. The molecule has 204 valence electrons. The number of amides is 2. The van der Waals surface area contributed by atoms with Gasteiger partial charge in [-0.15, -0.1) is 0 Å². The lowest BCUT2D eigenvalue weighted by molar-refractivity contribution is -0.147. The summed E-state index contributed by atoms with van der Waals surface area (Å²) in [5.41, 5.74) is 6.99. The third-order valence-corrected chi connectivity index (χ3v) is 5.85. The van der Waals surface area contributed by atoms with E-state index >= 15 is 0 Å². The smallest absolute Gasteiger partial charge is 0.410 e. The van der Waals surface area contributed by atoms with Crippen molar-refractivity contribution in [3.63, 3.8) is 0 Å². The van der Waals surface area contributed by atoms with Gasteiger partial charge in [0.25, 0.3) is 0 Å². The molecule has 9 heteroatoms. The number of nitrogens with zero attached hydrogens (tertiary/aromatic N) is 1. The Hall–Kier alpha value is -2.65. The predicted molar refractivity (Wildman–Crippen MR) is 139 cm³/mol. The molecule has 9 nitrogen and oxygen atoms in total. The second-order valence-electron chi connectivity index (χ2n) is 10.5. The van der Waals surface area contributed by atoms with Crippen LogP contribution in [-0.4, -0.2) is 65.9 Å². The van der Waals surface area contributed by atoms with Crippen molar-refractivity contribution in [2.45, 2.75) is 85.2 Å². The first-order valence-corrected chi connectivity index (χ1v) is 12.7. The van der Waals surface area contributed by atoms with Crippen molar-refractivity contribution in [1.82, 2.24) is 10.2 Å². The van der Waals surface area contributed by atoms with Gasteiger partial charge < -0.3 is 25.6 Å². The molecule has 1 unspecified atom stereocenters. The zero-order valence-corrected chi connectivity index (χ0v) is 22.8. The SMILES string of the molecule is COC(=O)[C@@H](NC(=O)[C@H](CC(C)C)N(CC(O)[C@@H](N)CC(C)C)C(=O)OCc1ccccc1)C(C)C. The van der Waals surface area contributed by atoms with Crippen LogP contribution in [0.15, 0.2) is 30.3 Å². The lowest BCUT2D eigenvalue weighted by Gasteiger charge is -2.35. The summed E-state index contributed by atoms with van der Waals surface area (Å²) in [6, 6.07) is 6.73. The largest absolute Gasteiger partial charge is 0.467 e. The van der Waals surface area contributed by atoms with Crippen molar-refractivity contribution in [2.75, 3.05) is 13.7 Å². The van der Waals surface area contributed by atoms with Crippen LogP contribution in [0.2, 0.25) is 0 Å². The fraction of sp³-hybridized carbons (Fsp3) is 0.667. The van der Waals surface area contributed by atoms with E-state index in [9.17, 15) is 19.5 Å². The summed E-state index contributed by atoms with van der Waals surface area (Å²) < 4.78 is 10.4. The third kappa shape index (κ3) is 10.5. The molecule has 0 saturated heterocycles. The van der Waals surface area contributed by atoms with Crippen molar-refractivity contribution in [2.24, 2.45) is 23.5 Å². The zero-order chi connectivity index (χ0) is 27.4. The molecule has 0 bridgehead atoms. The van der Waals surface area contributed by atoms with Gasteiger partial charge in [0.05, 0.1) is 19.8 Å². The predicted octanol–water partition coefficient (Wildman–Crippen LogP) is 3.09. The Morgan fingerprint density at radius 1 is 1.00 bits per heavy atom. The molecule has 0 radical (unpaired) electrons. The van der Waals surface area contributed by atoms with Crippen LogP contribution in [0, 0.1) is 17.8 Å². The van der Waals surface area contributed by atoms with Gasteiger partial charge in [-0.1, -0.05) is 71.9 Å². The van der Waals surface area contributed by atoms with Crippen molar-refractivity contribution >= 4 is 18.0 Å². The lowest BCUT2D eigenvalue weighted by Crippen LogP contribution is -2.57. The van der Waals surface area contributed by atoms with E-state index in [0.717, 1.165) is 5.56 Å². The monoisotopic (exact) mass is 507 g/mol. The molecule has 0 aromatic heterocycles. The van der Waals surface area contributed by atoms with Gasteiger partial charge in [0.1, 0.15) is 18.7 Å². The average Bonchev–Trinajstić information content (AvgIpc) is 2.82. The second-order valence-corrected chi connectivity index (χ2v) is 10.5. The van der Waals surface area contributed by atoms with Crippen molar-refractivity contribution < 1.29 is 29.0 Å². The van der Waals surface area contributed by atoms with E-state index < -0.39 is 42.2 Å². The number of nitrogens with one attached hydrogen (secondary N) is 1. The van der Waals surface area contributed by atoms with Crippen molar-refractivity contribution in [3.8, 4) is 0 Å². The average molecular weight is 508 g/mol. The fourth-order valence-electron chi connectivity index (χ4n) is 3.87. The van der Waals surface area contributed by atoms with Gasteiger partial charge in [0.2, 0.25) is 5.91 Å². The number of hydrogen-bond donors (Lipinski definition) is 3. The van der Waals surface area contributed by atoms with E-state index in [1.807, 2.05) is 58.0 Å². The van der Waals surface area contributed by atoms with Crippen LogP contribution in [-0.2, 0) is 25.7 Å². The third-order valence-electron chi connectivity index (χ3n) is 5.85. The topological polar surface area (TPSA) is 131 Å². The molecule has 0 fully saturated rings. The van der Waals surface area contributed by atoms with Gasteiger partial charge in [0.15, 0.2) is 0 Å². The van der Waals surface area contributed by atoms with Crippen LogP contribution in [0.1, 0.15) is 59.9 Å². The van der Waals surface area contributed by atoms with Gasteiger partial charge in [-0.3, -0.25) is 9.69 Å². The minimum absolute atomic E-state index is 0.0110. The Labute approximate surface area is 215 Å². The molecule has 4 N–H and O–H groups in total. The second kappa shape index (κ2) is 15.5. The highest BCUT2D eigenvalue weighted by molar-refractivity contribution is 5.89. The van der Waals surface area contributed by atoms with E-state index in [4.69, 9.17) is 15.2 Å². The number of carbonyl (C=O) groups is 3. The first kappa shape index (κ1) is 31.4. The highest BCUT2D eigenvalue weighted by Crippen LogP contribution is 2.18. The molecule has 1 aromatic carbocycles. The minimum Gasteiger partial charge on any atom is -0.467 e. The lowest BCUT2D eigenvalue weighted by atomic mass is 9.97. The molecule has 0 heterocycles. The summed E-state index contributed by atoms with van der Waals surface area (Å²) in [6.45, 7) is 11.2. The summed E-state index contributed by atoms with van der Waals surface area (Å²) in [4.78, 5) is 40.3. The number of aliphatic hydroxyl groups is 1. The quantitative estimate of drug-likeness (QED) is 0.330. The maximum absolute atomic E-state index is 13.5. The van der Waals surface area contributed by atoms with E-state index in [1.165, 1.54) is 12.0 Å². The summed E-state index contributed by atoms with van der Waals surface area (Å²) in [7, 11) is 1.26. The molecule has 1 aromatic rings. The van der Waals surface area contributed by atoms with E-state index in [0.29, 0.717) is 12.8 Å². The molecule has 4 atom stereocenters. The van der Waals surface area contributed by atoms with Gasteiger partial charge in [0, 0.05) is 6.04 Å². The number of ether oxygens (including phenoxy) is 2. The highest BCUT2D eigenvalue weighted by atomic mass is 16.6. The summed E-state index contributed by atoms with van der Waals surface area (Å²) in [6.07, 6.45) is -0.965. The number of nitrogens with two attached hydrogens (primary N) is 1. The first-order valence-electron chi connectivity index (χ1n) is 12.7. The molecular formula is C27H45N3O6. The Bertz CT molecular complexity index is 815. The number of hydrogen-bond acceptors (Lipinski definition) is 7. The number of rotatable bonds is 14. The first-order chi connectivity index (χ1) is 16.9. The van der Waals surface area contributed by atoms with Crippen LogP contribution in [0.25, 0.3) is 0 Å². The summed E-state index contributed by atoms with van der Waals surface area (Å²) in [5.74, 6) is -1.05. The van der Waals surface area contributed by atoms with Crippen LogP contribution in [0.3, 0.4) is 0 Å². The molecule has 0 saturated carbocycles.